The zero-order valence-corrected chi connectivity index (χ0v) is 32.2. The molecule has 2 heterocycles. The van der Waals surface area contributed by atoms with E-state index in [-0.39, 0.29) is 22.4 Å². The van der Waals surface area contributed by atoms with Crippen LogP contribution in [0.4, 0.5) is 0 Å². The molecule has 2 saturated heterocycles. The summed E-state index contributed by atoms with van der Waals surface area (Å²) in [6, 6.07) is 8.78. The minimum absolute atomic E-state index is 0.373. The van der Waals surface area contributed by atoms with E-state index in [1.165, 1.54) is 35.0 Å². The van der Waals surface area contributed by atoms with E-state index >= 15 is 0 Å². The van der Waals surface area contributed by atoms with E-state index in [0.717, 1.165) is 5.56 Å². The number of benzene rings is 2. The van der Waals surface area contributed by atoms with Gasteiger partial charge < -0.3 is 18.6 Å². The van der Waals surface area contributed by atoms with Gasteiger partial charge in [-0.3, -0.25) is 0 Å². The van der Waals surface area contributed by atoms with Gasteiger partial charge in [-0.2, -0.15) is 0 Å². The van der Waals surface area contributed by atoms with Crippen LogP contribution in [0.25, 0.3) is 0 Å². The summed E-state index contributed by atoms with van der Waals surface area (Å²) < 4.78 is 26.0. The number of hydrogen-bond donors (Lipinski definition) is 0. The van der Waals surface area contributed by atoms with Crippen LogP contribution in [0.3, 0.4) is 0 Å². The van der Waals surface area contributed by atoms with Gasteiger partial charge in [0, 0.05) is 12.7 Å². The summed E-state index contributed by atoms with van der Waals surface area (Å²) >= 11 is 4.73. The molecule has 8 heteroatoms. The van der Waals surface area contributed by atoms with E-state index in [2.05, 4.69) is 128 Å². The molecule has 0 atom stereocenters. The van der Waals surface area contributed by atoms with Crippen molar-refractivity contribution >= 4 is 59.4 Å². The van der Waals surface area contributed by atoms with Gasteiger partial charge in [0.1, 0.15) is 0 Å². The van der Waals surface area contributed by atoms with Crippen LogP contribution < -0.4 is 0 Å². The van der Waals surface area contributed by atoms with Gasteiger partial charge in [-0.05, 0) is 188 Å². The van der Waals surface area contributed by atoms with Crippen molar-refractivity contribution in [1.82, 2.24) is 0 Å². The van der Waals surface area contributed by atoms with Gasteiger partial charge in [0.05, 0.1) is 22.4 Å². The molecule has 4 rings (SSSR count). The molecule has 0 spiro atoms. The highest BCUT2D eigenvalue weighted by Gasteiger charge is 2.53. The summed E-state index contributed by atoms with van der Waals surface area (Å²) in [4.78, 5) is 0. The Morgan fingerprint density at radius 2 is 0.857 bits per heavy atom. The highest BCUT2D eigenvalue weighted by Crippen LogP contribution is 2.38. The van der Waals surface area contributed by atoms with Gasteiger partial charge in [0.15, 0.2) is 0 Å². The summed E-state index contributed by atoms with van der Waals surface area (Å²) in [6.07, 6.45) is 0. The molecule has 226 valence electrons. The first-order valence-electron chi connectivity index (χ1n) is 14.3. The van der Waals surface area contributed by atoms with Gasteiger partial charge in [-0.15, -0.1) is 5.92 Å². The third-order valence-corrected chi connectivity index (χ3v) is 10.7. The molecule has 4 nitrogen and oxygen atoms in total. The van der Waals surface area contributed by atoms with Crippen LogP contribution >= 0.6 is 45.2 Å². The maximum absolute atomic E-state index is 5.82. The van der Waals surface area contributed by atoms with Crippen LogP contribution in [-0.4, -0.2) is 36.6 Å². The molecular weight excluding hydrogens is 748 g/mol. The van der Waals surface area contributed by atoms with Gasteiger partial charge in [-0.25, -0.2) is 0 Å². The van der Waals surface area contributed by atoms with Crippen molar-refractivity contribution in [2.75, 3.05) is 0 Å². The fraction of sp³-hybridized carbons (Fsp3) is 0.529. The molecule has 2 aromatic carbocycles. The highest BCUT2D eigenvalue weighted by molar-refractivity contribution is 14.1. The molecule has 0 N–H and O–H groups in total. The molecule has 0 aliphatic carbocycles. The lowest BCUT2D eigenvalue weighted by molar-refractivity contribution is 0.00578. The average molecular weight is 794 g/mol. The van der Waals surface area contributed by atoms with Crippen LogP contribution in [0.2, 0.25) is 0 Å². The van der Waals surface area contributed by atoms with Crippen LogP contribution in [0, 0.1) is 65.2 Å². The van der Waals surface area contributed by atoms with Gasteiger partial charge in [0.25, 0.3) is 0 Å². The molecular formula is C34H46B2I2O4. The molecule has 0 aromatic heterocycles. The zero-order chi connectivity index (χ0) is 32.3. The smallest absolute Gasteiger partial charge is 0.392 e. The van der Waals surface area contributed by atoms with Crippen molar-refractivity contribution in [2.45, 2.75) is 119 Å². The van der Waals surface area contributed by atoms with Crippen molar-refractivity contribution in [1.29, 1.82) is 0 Å². The largest absolute Gasteiger partial charge is 0.550 e. The molecule has 0 bridgehead atoms. The Morgan fingerprint density at radius 3 is 1.19 bits per heavy atom. The lowest BCUT2D eigenvalue weighted by Gasteiger charge is -2.32. The second-order valence-corrected chi connectivity index (χ2v) is 15.3. The lowest BCUT2D eigenvalue weighted by atomic mass is 9.84. The number of rotatable bonds is 0. The Bertz CT molecular complexity index is 1290. The van der Waals surface area contributed by atoms with E-state index in [1.54, 1.807) is 0 Å². The first-order valence-corrected chi connectivity index (χ1v) is 16.4. The van der Waals surface area contributed by atoms with Crippen LogP contribution in [-0.2, 0) is 18.6 Å². The quantitative estimate of drug-likeness (QED) is 0.152. The Labute approximate surface area is 283 Å². The van der Waals surface area contributed by atoms with Crippen LogP contribution in [0.15, 0.2) is 24.3 Å². The molecule has 2 aliphatic rings. The fourth-order valence-electron chi connectivity index (χ4n) is 3.92. The topological polar surface area (TPSA) is 36.9 Å². The predicted octanol–water partition coefficient (Wildman–Crippen LogP) is 8.75. The van der Waals surface area contributed by atoms with Gasteiger partial charge in [0.2, 0.25) is 0 Å². The fourth-order valence-corrected chi connectivity index (χ4v) is 5.16. The molecule has 2 aromatic rings. The Balaban J connectivity index is 0.000000239. The first-order chi connectivity index (χ1) is 19.1. The highest BCUT2D eigenvalue weighted by atomic mass is 127. The molecule has 42 heavy (non-hydrogen) atoms. The van der Waals surface area contributed by atoms with Crippen molar-refractivity contribution in [3.05, 3.63) is 64.8 Å². The third-order valence-electron chi connectivity index (χ3n) is 8.37. The van der Waals surface area contributed by atoms with Crippen LogP contribution in [0.1, 0.15) is 95.7 Å². The van der Waals surface area contributed by atoms with Crippen molar-refractivity contribution < 1.29 is 18.6 Å². The summed E-state index contributed by atoms with van der Waals surface area (Å²) in [6.45, 7) is 28.5. The molecule has 0 saturated carbocycles. The normalized spacial score (nSPS) is 18.9. The minimum atomic E-state index is -0.543. The second kappa shape index (κ2) is 14.4. The van der Waals surface area contributed by atoms with E-state index in [0.29, 0.717) is 0 Å². The molecule has 2 aliphatic heterocycles. The molecule has 0 amide bonds. The van der Waals surface area contributed by atoms with Crippen molar-refractivity contribution in [3.63, 3.8) is 0 Å². The Morgan fingerprint density at radius 1 is 0.524 bits per heavy atom. The van der Waals surface area contributed by atoms with Crippen molar-refractivity contribution in [3.8, 4) is 23.5 Å². The monoisotopic (exact) mass is 794 g/mol. The summed E-state index contributed by atoms with van der Waals surface area (Å²) in [5.74, 6) is 11.9. The van der Waals surface area contributed by atoms with E-state index in [1.807, 2.05) is 62.3 Å². The third kappa shape index (κ3) is 9.49. The van der Waals surface area contributed by atoms with E-state index in [9.17, 15) is 0 Å². The van der Waals surface area contributed by atoms with Crippen molar-refractivity contribution in [2.24, 2.45) is 0 Å². The summed E-state index contributed by atoms with van der Waals surface area (Å²) in [5, 5.41) is 0. The number of aryl methyl sites for hydroxylation is 5. The molecule has 2 fully saturated rings. The Hall–Kier alpha value is -1.01. The second-order valence-electron chi connectivity index (χ2n) is 12.9. The SMILES string of the molecule is CC#Cc1cc(C)c(C)cc1C.CC1(C)OB(C#CB2OC(C)(C)C(C)(C)O2)OC1(C)C.Cc1cc(I)c(C)cc1I. The van der Waals surface area contributed by atoms with E-state index in [4.69, 9.17) is 18.6 Å². The first kappa shape index (κ1) is 37.2. The maximum atomic E-state index is 5.82. The molecule has 0 radical (unpaired) electrons. The van der Waals surface area contributed by atoms with Crippen LogP contribution in [0.5, 0.6) is 0 Å². The number of hydrogen-bond acceptors (Lipinski definition) is 4. The number of halogens is 2. The zero-order valence-electron chi connectivity index (χ0n) is 27.9. The standard InChI is InChI=1S/C14H24B2O4.C12H14.C8H8I2/c1-11(2)12(3,4)18-15(17-11)9-10-16-19-13(5,6)14(7,8)20-16;1-5-6-12-8-10(3)9(2)7-11(12)4;1-5-3-8(10)6(2)4-7(5)9/h1-8H3;7-8H,1-4H3;3-4H,1-2H3. The lowest BCUT2D eigenvalue weighted by Crippen LogP contribution is -2.41. The molecule has 0 unspecified atom stereocenters. The van der Waals surface area contributed by atoms with Gasteiger partial charge >= 0.3 is 14.2 Å². The van der Waals surface area contributed by atoms with Gasteiger partial charge in [-0.1, -0.05) is 23.6 Å². The Kier molecular flexibility index (Phi) is 12.7. The maximum Gasteiger partial charge on any atom is 0.550 e. The summed E-state index contributed by atoms with van der Waals surface area (Å²) in [5.41, 5.74) is 6.33. The predicted molar refractivity (Wildman–Crippen MR) is 194 cm³/mol. The minimum Gasteiger partial charge on any atom is -0.392 e. The average Bonchev–Trinajstić information content (AvgIpc) is 3.19. The van der Waals surface area contributed by atoms with E-state index < -0.39 is 14.2 Å². The summed E-state index contributed by atoms with van der Waals surface area (Å²) in [7, 11) is -1.09.